The van der Waals surface area contributed by atoms with E-state index in [1.165, 1.54) is 4.90 Å². The molecule has 0 N–H and O–H groups in total. The van der Waals surface area contributed by atoms with Crippen LogP contribution in [0.2, 0.25) is 0 Å². The molecule has 15 heavy (non-hydrogen) atoms. The first-order valence-electron chi connectivity index (χ1n) is 5.52. The van der Waals surface area contributed by atoms with Gasteiger partial charge in [-0.15, -0.1) is 11.8 Å². The maximum Gasteiger partial charge on any atom is 0.133 e. The van der Waals surface area contributed by atoms with Gasteiger partial charge in [-0.25, -0.2) is 0 Å². The molecule has 1 rings (SSSR count). The fraction of sp³-hybridized carbons (Fsp3) is 0.462. The second-order valence-electron chi connectivity index (χ2n) is 3.55. The van der Waals surface area contributed by atoms with Gasteiger partial charge in [-0.2, -0.15) is 0 Å². The number of rotatable bonds is 7. The van der Waals surface area contributed by atoms with Crippen molar-refractivity contribution in [2.24, 2.45) is 0 Å². The molecule has 0 saturated heterocycles. The highest BCUT2D eigenvalue weighted by molar-refractivity contribution is 7.99. The Morgan fingerprint density at radius 3 is 2.60 bits per heavy atom. The third-order valence-electron chi connectivity index (χ3n) is 2.20. The van der Waals surface area contributed by atoms with Crippen molar-refractivity contribution in [2.75, 3.05) is 5.75 Å². The van der Waals surface area contributed by atoms with Gasteiger partial charge in [-0.05, 0) is 18.6 Å². The molecule has 0 unspecified atom stereocenters. The Balaban J connectivity index is 2.14. The zero-order valence-electron chi connectivity index (χ0n) is 9.24. The van der Waals surface area contributed by atoms with E-state index in [-0.39, 0.29) is 0 Å². The normalized spacial score (nSPS) is 10.2. The first kappa shape index (κ1) is 12.3. The Bertz CT molecular complexity index is 282. The predicted molar refractivity (Wildman–Crippen MR) is 66.3 cm³/mol. The van der Waals surface area contributed by atoms with Crippen LogP contribution in [-0.4, -0.2) is 11.5 Å². The highest BCUT2D eigenvalue weighted by atomic mass is 32.2. The number of hydrogen-bond donors (Lipinski definition) is 0. The average molecular weight is 222 g/mol. The lowest BCUT2D eigenvalue weighted by atomic mass is 10.1. The van der Waals surface area contributed by atoms with E-state index < -0.39 is 0 Å². The van der Waals surface area contributed by atoms with Crippen LogP contribution < -0.4 is 0 Å². The quantitative estimate of drug-likeness (QED) is 0.650. The van der Waals surface area contributed by atoms with Crippen molar-refractivity contribution in [1.29, 1.82) is 0 Å². The third kappa shape index (κ3) is 5.63. The molecule has 1 aromatic carbocycles. The van der Waals surface area contributed by atoms with Crippen molar-refractivity contribution in [2.45, 2.75) is 37.5 Å². The standard InChI is InChI=1S/C13H18OS/c1-2-3-7-12(14)10-11-15-13-8-5-4-6-9-13/h4-6,8-9H,2-3,7,10-11H2,1H3. The SMILES string of the molecule is CCCCC(=O)CCSc1ccccc1. The monoisotopic (exact) mass is 222 g/mol. The molecule has 0 amide bonds. The Hall–Kier alpha value is -0.760. The molecule has 82 valence electrons. The van der Waals surface area contributed by atoms with Crippen molar-refractivity contribution in [3.8, 4) is 0 Å². The van der Waals surface area contributed by atoms with Crippen LogP contribution in [0, 0.1) is 0 Å². The summed E-state index contributed by atoms with van der Waals surface area (Å²) in [7, 11) is 0. The summed E-state index contributed by atoms with van der Waals surface area (Å²) < 4.78 is 0. The molecule has 0 spiro atoms. The number of hydrogen-bond acceptors (Lipinski definition) is 2. The van der Waals surface area contributed by atoms with E-state index in [1.807, 2.05) is 18.2 Å². The van der Waals surface area contributed by atoms with E-state index in [9.17, 15) is 4.79 Å². The molecule has 2 heteroatoms. The summed E-state index contributed by atoms with van der Waals surface area (Å²) in [6.45, 7) is 2.12. The van der Waals surface area contributed by atoms with Gasteiger partial charge in [-0.3, -0.25) is 4.79 Å². The topological polar surface area (TPSA) is 17.1 Å². The Morgan fingerprint density at radius 2 is 1.93 bits per heavy atom. The van der Waals surface area contributed by atoms with Gasteiger partial charge in [0, 0.05) is 23.5 Å². The zero-order valence-corrected chi connectivity index (χ0v) is 10.1. The van der Waals surface area contributed by atoms with Crippen LogP contribution in [0.4, 0.5) is 0 Å². The number of Topliss-reactive ketones (excluding diaryl/α,β-unsaturated/α-hetero) is 1. The fourth-order valence-electron chi connectivity index (χ4n) is 1.30. The number of unbranched alkanes of at least 4 members (excludes halogenated alkanes) is 1. The summed E-state index contributed by atoms with van der Waals surface area (Å²) >= 11 is 1.76. The largest absolute Gasteiger partial charge is 0.300 e. The van der Waals surface area contributed by atoms with Crippen LogP contribution in [0.25, 0.3) is 0 Å². The van der Waals surface area contributed by atoms with Crippen LogP contribution >= 0.6 is 11.8 Å². The van der Waals surface area contributed by atoms with Gasteiger partial charge < -0.3 is 0 Å². The molecule has 0 saturated carbocycles. The molecule has 0 aromatic heterocycles. The van der Waals surface area contributed by atoms with Crippen molar-refractivity contribution < 1.29 is 4.79 Å². The molecule has 0 fully saturated rings. The molecular weight excluding hydrogens is 204 g/mol. The highest BCUT2D eigenvalue weighted by Crippen LogP contribution is 2.18. The summed E-state index contributed by atoms with van der Waals surface area (Å²) in [5.41, 5.74) is 0. The van der Waals surface area contributed by atoms with E-state index >= 15 is 0 Å². The Kier molecular flexibility index (Phi) is 6.17. The third-order valence-corrected chi connectivity index (χ3v) is 3.22. The highest BCUT2D eigenvalue weighted by Gasteiger charge is 2.01. The smallest absolute Gasteiger partial charge is 0.133 e. The molecule has 0 heterocycles. The lowest BCUT2D eigenvalue weighted by Gasteiger charge is -2.00. The Labute approximate surface area is 96.3 Å². The number of carbonyl (C=O) groups is 1. The van der Waals surface area contributed by atoms with Crippen LogP contribution in [0.3, 0.4) is 0 Å². The minimum Gasteiger partial charge on any atom is -0.300 e. The maximum absolute atomic E-state index is 11.4. The molecule has 1 nitrogen and oxygen atoms in total. The van der Waals surface area contributed by atoms with Crippen LogP contribution in [0.5, 0.6) is 0 Å². The summed E-state index contributed by atoms with van der Waals surface area (Å²) in [6.07, 6.45) is 3.61. The Morgan fingerprint density at radius 1 is 1.20 bits per heavy atom. The molecule has 0 bridgehead atoms. The first-order chi connectivity index (χ1) is 7.33. The van der Waals surface area contributed by atoms with Crippen molar-refractivity contribution >= 4 is 17.5 Å². The van der Waals surface area contributed by atoms with Crippen molar-refractivity contribution in [3.05, 3.63) is 30.3 Å². The molecule has 0 aliphatic rings. The van der Waals surface area contributed by atoms with Gasteiger partial charge in [0.05, 0.1) is 0 Å². The minimum absolute atomic E-state index is 0.403. The second kappa shape index (κ2) is 7.52. The van der Waals surface area contributed by atoms with Crippen LogP contribution in [-0.2, 0) is 4.79 Å². The lowest BCUT2D eigenvalue weighted by molar-refractivity contribution is -0.118. The van der Waals surface area contributed by atoms with Gasteiger partial charge in [0.25, 0.3) is 0 Å². The number of ketones is 1. The molecule has 0 radical (unpaired) electrons. The summed E-state index contributed by atoms with van der Waals surface area (Å²) in [4.78, 5) is 12.6. The summed E-state index contributed by atoms with van der Waals surface area (Å²) in [5, 5.41) is 0. The van der Waals surface area contributed by atoms with Gasteiger partial charge in [0.1, 0.15) is 5.78 Å². The number of carbonyl (C=O) groups excluding carboxylic acids is 1. The van der Waals surface area contributed by atoms with Crippen LogP contribution in [0.1, 0.15) is 32.6 Å². The van der Waals surface area contributed by atoms with Crippen LogP contribution in [0.15, 0.2) is 35.2 Å². The molecule has 0 aliphatic heterocycles. The molecule has 0 aliphatic carbocycles. The van der Waals surface area contributed by atoms with E-state index in [0.717, 1.165) is 25.0 Å². The van der Waals surface area contributed by atoms with E-state index in [2.05, 4.69) is 19.1 Å². The van der Waals surface area contributed by atoms with E-state index in [1.54, 1.807) is 11.8 Å². The summed E-state index contributed by atoms with van der Waals surface area (Å²) in [6, 6.07) is 10.2. The molecule has 0 atom stereocenters. The van der Waals surface area contributed by atoms with Gasteiger partial charge in [0.15, 0.2) is 0 Å². The van der Waals surface area contributed by atoms with Gasteiger partial charge in [-0.1, -0.05) is 31.5 Å². The zero-order chi connectivity index (χ0) is 10.9. The first-order valence-corrected chi connectivity index (χ1v) is 6.51. The molecular formula is C13H18OS. The lowest BCUT2D eigenvalue weighted by Crippen LogP contribution is -1.98. The van der Waals surface area contributed by atoms with Crippen molar-refractivity contribution in [1.82, 2.24) is 0 Å². The van der Waals surface area contributed by atoms with E-state index in [4.69, 9.17) is 0 Å². The second-order valence-corrected chi connectivity index (χ2v) is 4.72. The minimum atomic E-state index is 0.403. The van der Waals surface area contributed by atoms with Gasteiger partial charge in [0.2, 0.25) is 0 Å². The molecule has 1 aromatic rings. The van der Waals surface area contributed by atoms with Crippen molar-refractivity contribution in [3.63, 3.8) is 0 Å². The predicted octanol–water partition coefficient (Wildman–Crippen LogP) is 3.93. The maximum atomic E-state index is 11.4. The van der Waals surface area contributed by atoms with E-state index in [0.29, 0.717) is 12.2 Å². The number of thioether (sulfide) groups is 1. The number of benzene rings is 1. The fourth-order valence-corrected chi connectivity index (χ4v) is 2.21. The van der Waals surface area contributed by atoms with Gasteiger partial charge >= 0.3 is 0 Å². The average Bonchev–Trinajstić information content (AvgIpc) is 2.28. The summed E-state index contributed by atoms with van der Waals surface area (Å²) in [5.74, 6) is 1.31.